The van der Waals surface area contributed by atoms with E-state index in [1.807, 2.05) is 37.3 Å². The molecule has 0 bridgehead atoms. The van der Waals surface area contributed by atoms with Crippen LogP contribution < -0.4 is 0 Å². The maximum Gasteiger partial charge on any atom is 0.152 e. The largest absolute Gasteiger partial charge is 0.506 e. The van der Waals surface area contributed by atoms with E-state index in [1.165, 1.54) is 0 Å². The SMILES string of the molecule is Cc1cc(O)c2[nH]c3c(C=O)c4c(cc3c2c1)[nH]c1ccccc14. The first-order chi connectivity index (χ1) is 11.7. The highest BCUT2D eigenvalue weighted by molar-refractivity contribution is 6.24. The molecular formula is C20H14N2O2. The van der Waals surface area contributed by atoms with E-state index >= 15 is 0 Å². The van der Waals surface area contributed by atoms with E-state index < -0.39 is 0 Å². The Morgan fingerprint density at radius 3 is 2.54 bits per heavy atom. The second kappa shape index (κ2) is 4.38. The number of hydrogen-bond donors (Lipinski definition) is 3. The zero-order valence-electron chi connectivity index (χ0n) is 13.0. The van der Waals surface area contributed by atoms with Crippen molar-refractivity contribution in [1.29, 1.82) is 0 Å². The van der Waals surface area contributed by atoms with E-state index in [4.69, 9.17) is 0 Å². The summed E-state index contributed by atoms with van der Waals surface area (Å²) in [5.74, 6) is 0.201. The minimum atomic E-state index is 0.201. The van der Waals surface area contributed by atoms with E-state index in [-0.39, 0.29) is 5.75 Å². The molecule has 0 spiro atoms. The molecule has 24 heavy (non-hydrogen) atoms. The van der Waals surface area contributed by atoms with Crippen LogP contribution >= 0.6 is 0 Å². The Morgan fingerprint density at radius 2 is 1.71 bits per heavy atom. The number of hydrogen-bond acceptors (Lipinski definition) is 2. The minimum absolute atomic E-state index is 0.201. The molecule has 3 N–H and O–H groups in total. The van der Waals surface area contributed by atoms with Crippen LogP contribution in [0, 0.1) is 6.92 Å². The van der Waals surface area contributed by atoms with Crippen molar-refractivity contribution < 1.29 is 9.90 Å². The maximum atomic E-state index is 11.9. The van der Waals surface area contributed by atoms with Gasteiger partial charge in [-0.15, -0.1) is 0 Å². The number of aromatic hydroxyl groups is 1. The summed E-state index contributed by atoms with van der Waals surface area (Å²) in [4.78, 5) is 18.5. The van der Waals surface area contributed by atoms with Gasteiger partial charge in [0.15, 0.2) is 6.29 Å². The number of aromatic amines is 2. The third-order valence-electron chi connectivity index (χ3n) is 4.75. The lowest BCUT2D eigenvalue weighted by Gasteiger charge is -2.00. The van der Waals surface area contributed by atoms with Crippen molar-refractivity contribution in [2.75, 3.05) is 0 Å². The molecule has 0 fully saturated rings. The summed E-state index contributed by atoms with van der Waals surface area (Å²) in [5.41, 5.74) is 4.95. The van der Waals surface area contributed by atoms with Crippen LogP contribution in [0.2, 0.25) is 0 Å². The average molecular weight is 314 g/mol. The Labute approximate surface area is 136 Å². The molecule has 0 aliphatic heterocycles. The summed E-state index contributed by atoms with van der Waals surface area (Å²) in [6.07, 6.45) is 0.893. The van der Waals surface area contributed by atoms with Crippen molar-refractivity contribution in [3.8, 4) is 5.75 Å². The molecule has 5 rings (SSSR count). The smallest absolute Gasteiger partial charge is 0.152 e. The fraction of sp³-hybridized carbons (Fsp3) is 0.0500. The molecule has 0 saturated carbocycles. The first-order valence-corrected chi connectivity index (χ1v) is 7.81. The molecule has 0 atom stereocenters. The number of aryl methyl sites for hydroxylation is 1. The molecule has 0 aliphatic carbocycles. The van der Waals surface area contributed by atoms with Crippen LogP contribution in [0.15, 0.2) is 42.5 Å². The number of aldehydes is 1. The van der Waals surface area contributed by atoms with Gasteiger partial charge in [-0.3, -0.25) is 4.79 Å². The maximum absolute atomic E-state index is 11.9. The highest BCUT2D eigenvalue weighted by Crippen LogP contribution is 2.38. The molecule has 4 heteroatoms. The molecule has 4 nitrogen and oxygen atoms in total. The number of benzene rings is 3. The Kier molecular flexibility index (Phi) is 2.41. The zero-order valence-corrected chi connectivity index (χ0v) is 13.0. The van der Waals surface area contributed by atoms with E-state index in [0.29, 0.717) is 11.1 Å². The summed E-state index contributed by atoms with van der Waals surface area (Å²) >= 11 is 0. The van der Waals surface area contributed by atoms with Gasteiger partial charge in [0, 0.05) is 38.1 Å². The fourth-order valence-electron chi connectivity index (χ4n) is 3.75. The topological polar surface area (TPSA) is 68.9 Å². The predicted molar refractivity (Wildman–Crippen MR) is 97.0 cm³/mol. The monoisotopic (exact) mass is 314 g/mol. The number of para-hydroxylation sites is 1. The lowest BCUT2D eigenvalue weighted by molar-refractivity contribution is 0.112. The van der Waals surface area contributed by atoms with Crippen LogP contribution in [0.1, 0.15) is 15.9 Å². The summed E-state index contributed by atoms with van der Waals surface area (Å²) in [5, 5.41) is 14.0. The molecule has 0 aliphatic rings. The van der Waals surface area contributed by atoms with Crippen LogP contribution in [-0.4, -0.2) is 21.4 Å². The van der Waals surface area contributed by atoms with Crippen LogP contribution in [0.4, 0.5) is 0 Å². The fourth-order valence-corrected chi connectivity index (χ4v) is 3.75. The molecule has 0 unspecified atom stereocenters. The number of phenolic OH excluding ortho intramolecular Hbond substituents is 1. The molecule has 2 heterocycles. The number of H-pyrrole nitrogens is 2. The third kappa shape index (κ3) is 1.55. The Morgan fingerprint density at radius 1 is 0.917 bits per heavy atom. The lowest BCUT2D eigenvalue weighted by Crippen LogP contribution is -1.85. The van der Waals surface area contributed by atoms with Gasteiger partial charge >= 0.3 is 0 Å². The molecule has 0 amide bonds. The molecule has 0 radical (unpaired) electrons. The normalized spacial score (nSPS) is 11.9. The van der Waals surface area contributed by atoms with Crippen LogP contribution in [-0.2, 0) is 0 Å². The van der Waals surface area contributed by atoms with E-state index in [2.05, 4.69) is 16.0 Å². The molecule has 2 aromatic heterocycles. The van der Waals surface area contributed by atoms with Crippen molar-refractivity contribution >= 4 is 49.9 Å². The number of aromatic nitrogens is 2. The summed E-state index contributed by atoms with van der Waals surface area (Å²) in [6, 6.07) is 13.8. The number of rotatable bonds is 1. The second-order valence-corrected chi connectivity index (χ2v) is 6.26. The Hall–Kier alpha value is -3.27. The zero-order chi connectivity index (χ0) is 16.4. The second-order valence-electron chi connectivity index (χ2n) is 6.26. The van der Waals surface area contributed by atoms with Gasteiger partial charge < -0.3 is 15.1 Å². The summed E-state index contributed by atoms with van der Waals surface area (Å²) in [6.45, 7) is 1.94. The number of phenols is 1. The molecular weight excluding hydrogens is 300 g/mol. The first-order valence-electron chi connectivity index (χ1n) is 7.81. The van der Waals surface area contributed by atoms with Gasteiger partial charge in [-0.05, 0) is 36.8 Å². The van der Waals surface area contributed by atoms with Crippen molar-refractivity contribution in [3.63, 3.8) is 0 Å². The summed E-state index contributed by atoms with van der Waals surface area (Å²) < 4.78 is 0. The third-order valence-corrected chi connectivity index (χ3v) is 4.75. The van der Waals surface area contributed by atoms with E-state index in [9.17, 15) is 9.90 Å². The van der Waals surface area contributed by atoms with Gasteiger partial charge in [0.2, 0.25) is 0 Å². The Bertz CT molecular complexity index is 1290. The standard InChI is InChI=1S/C20H14N2O2/c1-10-6-12-13-8-16-18(11-4-2-3-5-15(11)21-16)14(9-23)19(13)22-20(12)17(24)7-10/h2-9,21-22,24H,1H3. The highest BCUT2D eigenvalue weighted by atomic mass is 16.3. The number of fused-ring (bicyclic) bond motifs is 6. The number of carbonyl (C=O) groups is 1. The highest BCUT2D eigenvalue weighted by Gasteiger charge is 2.17. The van der Waals surface area contributed by atoms with Gasteiger partial charge in [-0.1, -0.05) is 18.2 Å². The van der Waals surface area contributed by atoms with E-state index in [1.54, 1.807) is 6.07 Å². The first kappa shape index (κ1) is 13.2. The quantitative estimate of drug-likeness (QED) is 0.390. The molecule has 116 valence electrons. The van der Waals surface area contributed by atoms with Crippen LogP contribution in [0.5, 0.6) is 5.75 Å². The minimum Gasteiger partial charge on any atom is -0.506 e. The van der Waals surface area contributed by atoms with Crippen molar-refractivity contribution in [3.05, 3.63) is 53.6 Å². The predicted octanol–water partition coefficient (Wildman–Crippen LogP) is 4.78. The van der Waals surface area contributed by atoms with Crippen molar-refractivity contribution in [2.45, 2.75) is 6.92 Å². The van der Waals surface area contributed by atoms with Gasteiger partial charge in [0.25, 0.3) is 0 Å². The molecule has 5 aromatic rings. The molecule has 3 aromatic carbocycles. The molecule has 0 saturated heterocycles. The van der Waals surface area contributed by atoms with Gasteiger partial charge in [0.05, 0.1) is 11.0 Å². The van der Waals surface area contributed by atoms with Crippen LogP contribution in [0.3, 0.4) is 0 Å². The lowest BCUT2D eigenvalue weighted by atomic mass is 10.0. The van der Waals surface area contributed by atoms with Crippen LogP contribution in [0.25, 0.3) is 43.6 Å². The Balaban J connectivity index is 2.10. The van der Waals surface area contributed by atoms with E-state index in [0.717, 1.165) is 49.9 Å². The van der Waals surface area contributed by atoms with Crippen molar-refractivity contribution in [1.82, 2.24) is 9.97 Å². The summed E-state index contributed by atoms with van der Waals surface area (Å²) in [7, 11) is 0. The van der Waals surface area contributed by atoms with Gasteiger partial charge in [-0.2, -0.15) is 0 Å². The van der Waals surface area contributed by atoms with Crippen molar-refractivity contribution in [2.24, 2.45) is 0 Å². The number of carbonyl (C=O) groups excluding carboxylic acids is 1. The number of nitrogens with one attached hydrogen (secondary N) is 2. The average Bonchev–Trinajstić information content (AvgIpc) is 3.11. The van der Waals surface area contributed by atoms with Gasteiger partial charge in [0.1, 0.15) is 5.75 Å². The van der Waals surface area contributed by atoms with Gasteiger partial charge in [-0.25, -0.2) is 0 Å².